The van der Waals surface area contributed by atoms with E-state index in [1.165, 1.54) is 12.8 Å². The molecule has 8 nitrogen and oxygen atoms in total. The molecule has 1 aliphatic carbocycles. The molecule has 3 aliphatic rings. The highest BCUT2D eigenvalue weighted by Crippen LogP contribution is 2.38. The van der Waals surface area contributed by atoms with E-state index in [9.17, 15) is 4.79 Å². The third-order valence-corrected chi connectivity index (χ3v) is 7.11. The minimum Gasteiger partial charge on any atom is -0.444 e. The highest BCUT2D eigenvalue weighted by Gasteiger charge is 2.45. The van der Waals surface area contributed by atoms with Crippen LogP contribution in [0.3, 0.4) is 0 Å². The molecule has 1 aromatic carbocycles. The predicted octanol–water partition coefficient (Wildman–Crippen LogP) is 5.17. The van der Waals surface area contributed by atoms with Gasteiger partial charge in [-0.3, -0.25) is 4.68 Å². The van der Waals surface area contributed by atoms with Crippen molar-refractivity contribution in [1.82, 2.24) is 24.6 Å². The number of piperidine rings is 1. The second-order valence-corrected chi connectivity index (χ2v) is 11.0. The molecule has 1 N–H and O–H groups in total. The molecular formula is C26H32N6O2. The summed E-state index contributed by atoms with van der Waals surface area (Å²) < 4.78 is 7.74. The zero-order valence-electron chi connectivity index (χ0n) is 20.1. The summed E-state index contributed by atoms with van der Waals surface area (Å²) in [7, 11) is 0. The Morgan fingerprint density at radius 3 is 2.47 bits per heavy atom. The summed E-state index contributed by atoms with van der Waals surface area (Å²) in [6.07, 6.45) is 12.0. The molecule has 2 saturated heterocycles. The van der Waals surface area contributed by atoms with Crippen molar-refractivity contribution in [2.45, 2.75) is 89.1 Å². The van der Waals surface area contributed by atoms with Crippen molar-refractivity contribution in [3.63, 3.8) is 0 Å². The van der Waals surface area contributed by atoms with Crippen molar-refractivity contribution in [2.75, 3.05) is 5.32 Å². The SMILES string of the molecule is CC(C)(C)OC(=O)N1[C@@H]2CC[C@H]1CC(Nc1ncc3ccc(-c4cnn(C5CC5)c4)cc3n1)C2. The lowest BCUT2D eigenvalue weighted by atomic mass is 9.98. The minimum absolute atomic E-state index is 0.182. The minimum atomic E-state index is -0.472. The normalized spacial score (nSPS) is 24.4. The molecule has 3 aromatic rings. The molecule has 1 saturated carbocycles. The van der Waals surface area contributed by atoms with Crippen molar-refractivity contribution < 1.29 is 9.53 Å². The predicted molar refractivity (Wildman–Crippen MR) is 131 cm³/mol. The summed E-state index contributed by atoms with van der Waals surface area (Å²) >= 11 is 0. The topological polar surface area (TPSA) is 85.2 Å². The molecule has 2 bridgehead atoms. The number of aromatic nitrogens is 4. The van der Waals surface area contributed by atoms with E-state index in [1.807, 2.05) is 38.1 Å². The monoisotopic (exact) mass is 460 g/mol. The Hall–Kier alpha value is -3.16. The molecule has 6 rings (SSSR count). The maximum atomic E-state index is 12.7. The molecule has 3 fully saturated rings. The van der Waals surface area contributed by atoms with Gasteiger partial charge in [-0.2, -0.15) is 5.10 Å². The Labute approximate surface area is 199 Å². The van der Waals surface area contributed by atoms with Gasteiger partial charge in [-0.15, -0.1) is 0 Å². The van der Waals surface area contributed by atoms with Crippen LogP contribution >= 0.6 is 0 Å². The van der Waals surface area contributed by atoms with Gasteiger partial charge < -0.3 is 15.0 Å². The first kappa shape index (κ1) is 21.4. The van der Waals surface area contributed by atoms with Gasteiger partial charge in [0, 0.05) is 41.5 Å². The number of nitrogens with one attached hydrogen (secondary N) is 1. The molecule has 3 atom stereocenters. The van der Waals surface area contributed by atoms with Crippen LogP contribution in [0.2, 0.25) is 0 Å². The van der Waals surface area contributed by atoms with Crippen LogP contribution < -0.4 is 5.32 Å². The lowest BCUT2D eigenvalue weighted by Gasteiger charge is -2.39. The van der Waals surface area contributed by atoms with Crippen LogP contribution in [0.4, 0.5) is 10.7 Å². The van der Waals surface area contributed by atoms with Crippen molar-refractivity contribution in [2.24, 2.45) is 0 Å². The Balaban J connectivity index is 1.16. The number of carbonyl (C=O) groups is 1. The van der Waals surface area contributed by atoms with Crippen LogP contribution in [0.1, 0.15) is 65.3 Å². The highest BCUT2D eigenvalue weighted by atomic mass is 16.6. The van der Waals surface area contributed by atoms with Gasteiger partial charge in [0.25, 0.3) is 0 Å². The number of hydrogen-bond donors (Lipinski definition) is 1. The third-order valence-electron chi connectivity index (χ3n) is 7.11. The van der Waals surface area contributed by atoms with Crippen LogP contribution in [0, 0.1) is 0 Å². The van der Waals surface area contributed by atoms with Crippen LogP contribution in [-0.2, 0) is 4.74 Å². The molecule has 4 heterocycles. The zero-order chi connectivity index (χ0) is 23.4. The molecule has 1 amide bonds. The van der Waals surface area contributed by atoms with Crippen LogP contribution in [0.5, 0.6) is 0 Å². The molecule has 8 heteroatoms. The summed E-state index contributed by atoms with van der Waals surface area (Å²) in [4.78, 5) is 24.1. The van der Waals surface area contributed by atoms with E-state index in [1.54, 1.807) is 0 Å². The average Bonchev–Trinajstić information content (AvgIpc) is 3.44. The Morgan fingerprint density at radius 1 is 1.03 bits per heavy atom. The largest absolute Gasteiger partial charge is 0.444 e. The van der Waals surface area contributed by atoms with E-state index in [2.05, 4.69) is 44.5 Å². The van der Waals surface area contributed by atoms with Gasteiger partial charge >= 0.3 is 6.09 Å². The summed E-state index contributed by atoms with van der Waals surface area (Å²) in [5.41, 5.74) is 2.68. The number of anilines is 1. The second kappa shape index (κ2) is 7.96. The summed E-state index contributed by atoms with van der Waals surface area (Å²) in [5, 5.41) is 9.09. The summed E-state index contributed by atoms with van der Waals surface area (Å²) in [5.74, 6) is 0.647. The lowest BCUT2D eigenvalue weighted by Crippen LogP contribution is -2.51. The van der Waals surface area contributed by atoms with Gasteiger partial charge in [-0.25, -0.2) is 14.8 Å². The maximum absolute atomic E-state index is 12.7. The smallest absolute Gasteiger partial charge is 0.410 e. The first-order chi connectivity index (χ1) is 16.3. The molecule has 178 valence electrons. The maximum Gasteiger partial charge on any atom is 0.410 e. The first-order valence-electron chi connectivity index (χ1n) is 12.4. The van der Waals surface area contributed by atoms with E-state index in [4.69, 9.17) is 9.72 Å². The van der Waals surface area contributed by atoms with Crippen LogP contribution in [0.25, 0.3) is 22.0 Å². The first-order valence-corrected chi connectivity index (χ1v) is 12.4. The number of amides is 1. The lowest BCUT2D eigenvalue weighted by molar-refractivity contribution is 0.00682. The van der Waals surface area contributed by atoms with E-state index in [0.29, 0.717) is 12.0 Å². The second-order valence-electron chi connectivity index (χ2n) is 11.0. The van der Waals surface area contributed by atoms with Crippen molar-refractivity contribution in [1.29, 1.82) is 0 Å². The number of carbonyl (C=O) groups excluding carboxylic acids is 1. The van der Waals surface area contributed by atoms with E-state index in [0.717, 1.165) is 47.7 Å². The van der Waals surface area contributed by atoms with Gasteiger partial charge in [0.15, 0.2) is 0 Å². The van der Waals surface area contributed by atoms with Crippen LogP contribution in [-0.4, -0.2) is 54.5 Å². The quantitative estimate of drug-likeness (QED) is 0.578. The van der Waals surface area contributed by atoms with Crippen LogP contribution in [0.15, 0.2) is 36.8 Å². The Morgan fingerprint density at radius 2 is 1.76 bits per heavy atom. The highest BCUT2D eigenvalue weighted by molar-refractivity contribution is 5.84. The molecule has 0 radical (unpaired) electrons. The van der Waals surface area contributed by atoms with E-state index >= 15 is 0 Å². The number of fused-ring (bicyclic) bond motifs is 3. The zero-order valence-corrected chi connectivity index (χ0v) is 20.1. The molecule has 1 unspecified atom stereocenters. The third kappa shape index (κ3) is 4.21. The van der Waals surface area contributed by atoms with Gasteiger partial charge in [0.1, 0.15) is 5.60 Å². The fourth-order valence-corrected chi connectivity index (χ4v) is 5.39. The van der Waals surface area contributed by atoms with Crippen molar-refractivity contribution >= 4 is 22.9 Å². The van der Waals surface area contributed by atoms with Gasteiger partial charge in [-0.05, 0) is 70.9 Å². The number of rotatable bonds is 4. The number of benzene rings is 1. The van der Waals surface area contributed by atoms with E-state index in [-0.39, 0.29) is 24.2 Å². The Kier molecular flexibility index (Phi) is 5.00. The van der Waals surface area contributed by atoms with Crippen molar-refractivity contribution in [3.8, 4) is 11.1 Å². The van der Waals surface area contributed by atoms with Gasteiger partial charge in [0.2, 0.25) is 5.95 Å². The molecular weight excluding hydrogens is 428 g/mol. The molecule has 2 aliphatic heterocycles. The Bertz CT molecular complexity index is 1210. The number of hydrogen-bond acceptors (Lipinski definition) is 6. The molecule has 0 spiro atoms. The fraction of sp³-hybridized carbons (Fsp3) is 0.538. The standard InChI is InChI=1S/C26H32N6O2/c1-26(2,3)34-25(33)32-21-8-9-22(32)12-19(11-21)29-24-27-13-17-5-4-16(10-23(17)30-24)18-14-28-31(15-18)20-6-7-20/h4-5,10,13-15,19-22H,6-9,11-12H2,1-3H3,(H,27,29,30)/t19?,21-,22+. The molecule has 34 heavy (non-hydrogen) atoms. The molecule has 2 aromatic heterocycles. The van der Waals surface area contributed by atoms with Gasteiger partial charge in [0.05, 0.1) is 17.8 Å². The number of nitrogens with zero attached hydrogens (tertiary/aromatic N) is 5. The number of ether oxygens (including phenoxy) is 1. The summed E-state index contributed by atoms with van der Waals surface area (Å²) in [6.45, 7) is 5.76. The summed E-state index contributed by atoms with van der Waals surface area (Å²) in [6, 6.07) is 7.53. The average molecular weight is 461 g/mol. The van der Waals surface area contributed by atoms with Gasteiger partial charge in [-0.1, -0.05) is 12.1 Å². The fourth-order valence-electron chi connectivity index (χ4n) is 5.39. The van der Waals surface area contributed by atoms with Crippen molar-refractivity contribution in [3.05, 3.63) is 36.8 Å². The van der Waals surface area contributed by atoms with E-state index < -0.39 is 5.60 Å².